The molecule has 0 aliphatic carbocycles. The number of aryl methyl sites for hydroxylation is 2. The Morgan fingerprint density at radius 2 is 1.30 bits per heavy atom. The fourth-order valence-electron chi connectivity index (χ4n) is 5.51. The molecule has 0 bridgehead atoms. The first kappa shape index (κ1) is 22.4. The van der Waals surface area contributed by atoms with Crippen molar-refractivity contribution in [3.63, 3.8) is 0 Å². The van der Waals surface area contributed by atoms with E-state index in [9.17, 15) is 0 Å². The molecule has 3 heteroatoms. The van der Waals surface area contributed by atoms with E-state index in [-0.39, 0.29) is 0 Å². The van der Waals surface area contributed by atoms with E-state index in [1.807, 2.05) is 17.4 Å². The Bertz CT molecular complexity index is 1940. The fourth-order valence-corrected chi connectivity index (χ4v) is 7.04. The Labute approximate surface area is 225 Å². The van der Waals surface area contributed by atoms with Crippen molar-refractivity contribution in [2.75, 3.05) is 4.90 Å². The molecule has 0 aliphatic heterocycles. The van der Waals surface area contributed by atoms with E-state index in [0.717, 1.165) is 16.4 Å². The van der Waals surface area contributed by atoms with Gasteiger partial charge in [-0.05, 0) is 78.2 Å². The Balaban J connectivity index is 1.68. The van der Waals surface area contributed by atoms with Gasteiger partial charge in [0.2, 0.25) is 0 Å². The van der Waals surface area contributed by atoms with Crippen molar-refractivity contribution >= 4 is 81.7 Å². The molecule has 0 unspecified atom stereocenters. The van der Waals surface area contributed by atoms with Gasteiger partial charge in [-0.25, -0.2) is 0 Å². The van der Waals surface area contributed by atoms with Crippen molar-refractivity contribution in [2.45, 2.75) is 13.8 Å². The molecule has 6 aromatic carbocycles. The van der Waals surface area contributed by atoms with Crippen molar-refractivity contribution in [1.82, 2.24) is 0 Å². The van der Waals surface area contributed by atoms with Crippen molar-refractivity contribution in [3.05, 3.63) is 125 Å². The monoisotopic (exact) mass is 513 g/mol. The molecular formula is C34H24ClNS. The van der Waals surface area contributed by atoms with Crippen LogP contribution in [-0.2, 0) is 0 Å². The first-order valence-corrected chi connectivity index (χ1v) is 13.7. The van der Waals surface area contributed by atoms with Crippen molar-refractivity contribution in [2.24, 2.45) is 0 Å². The van der Waals surface area contributed by atoms with Gasteiger partial charge in [-0.1, -0.05) is 78.3 Å². The number of hydrogen-bond acceptors (Lipinski definition) is 2. The largest absolute Gasteiger partial charge is 0.310 e. The minimum atomic E-state index is 0.773. The molecule has 1 heterocycles. The van der Waals surface area contributed by atoms with Gasteiger partial charge < -0.3 is 4.90 Å². The molecule has 0 saturated heterocycles. The average Bonchev–Trinajstić information content (AvgIpc) is 3.26. The molecule has 0 spiro atoms. The highest BCUT2D eigenvalue weighted by molar-refractivity contribution is 7.26. The molecule has 0 aliphatic rings. The van der Waals surface area contributed by atoms with E-state index in [0.29, 0.717) is 0 Å². The molecule has 0 radical (unpaired) electrons. The summed E-state index contributed by atoms with van der Waals surface area (Å²) in [4.78, 5) is 2.41. The predicted molar refractivity (Wildman–Crippen MR) is 164 cm³/mol. The number of thiophene rings is 1. The van der Waals surface area contributed by atoms with Crippen LogP contribution in [0.5, 0.6) is 0 Å². The third kappa shape index (κ3) is 3.68. The second kappa shape index (κ2) is 8.62. The maximum absolute atomic E-state index is 6.43. The first-order chi connectivity index (χ1) is 18.1. The SMILES string of the molecule is Cc1cccc(N(c2cccc(C)c2)c2cc3c4ccc(Cl)cc4sc3c3c2ccc2ccccc23)c1. The van der Waals surface area contributed by atoms with E-state index < -0.39 is 0 Å². The quantitative estimate of drug-likeness (QED) is 0.212. The summed E-state index contributed by atoms with van der Waals surface area (Å²) < 4.78 is 2.52. The zero-order valence-corrected chi connectivity index (χ0v) is 22.2. The molecule has 0 saturated carbocycles. The van der Waals surface area contributed by atoms with Crippen LogP contribution in [0.2, 0.25) is 5.02 Å². The molecule has 1 nitrogen and oxygen atoms in total. The summed E-state index contributed by atoms with van der Waals surface area (Å²) in [6, 6.07) is 39.5. The van der Waals surface area contributed by atoms with Crippen LogP contribution in [0.15, 0.2) is 109 Å². The van der Waals surface area contributed by atoms with Gasteiger partial charge in [-0.3, -0.25) is 0 Å². The van der Waals surface area contributed by atoms with Crippen LogP contribution in [-0.4, -0.2) is 0 Å². The lowest BCUT2D eigenvalue weighted by Crippen LogP contribution is -2.11. The average molecular weight is 514 g/mol. The van der Waals surface area contributed by atoms with Gasteiger partial charge in [-0.15, -0.1) is 11.3 Å². The second-order valence-electron chi connectivity index (χ2n) is 9.74. The van der Waals surface area contributed by atoms with Crippen LogP contribution in [0.4, 0.5) is 17.1 Å². The van der Waals surface area contributed by atoms with Crippen LogP contribution in [0.3, 0.4) is 0 Å². The first-order valence-electron chi connectivity index (χ1n) is 12.5. The summed E-state index contributed by atoms with van der Waals surface area (Å²) in [5.74, 6) is 0. The molecule has 7 aromatic rings. The summed E-state index contributed by atoms with van der Waals surface area (Å²) in [7, 11) is 0. The van der Waals surface area contributed by atoms with Crippen molar-refractivity contribution in [1.29, 1.82) is 0 Å². The summed E-state index contributed by atoms with van der Waals surface area (Å²) in [5, 5.41) is 8.35. The highest BCUT2D eigenvalue weighted by Crippen LogP contribution is 2.48. The highest BCUT2D eigenvalue weighted by atomic mass is 35.5. The number of rotatable bonds is 3. The summed E-state index contributed by atoms with van der Waals surface area (Å²) >= 11 is 8.26. The third-order valence-electron chi connectivity index (χ3n) is 7.16. The number of halogens is 1. The molecule has 7 rings (SSSR count). The molecule has 0 N–H and O–H groups in total. The van der Waals surface area contributed by atoms with Crippen LogP contribution in [0, 0.1) is 13.8 Å². The summed E-state index contributed by atoms with van der Waals surface area (Å²) in [5.41, 5.74) is 5.96. The molecule has 37 heavy (non-hydrogen) atoms. The Morgan fingerprint density at radius 1 is 0.595 bits per heavy atom. The topological polar surface area (TPSA) is 3.24 Å². The highest BCUT2D eigenvalue weighted by Gasteiger charge is 2.21. The van der Waals surface area contributed by atoms with Crippen molar-refractivity contribution < 1.29 is 0 Å². The van der Waals surface area contributed by atoms with Crippen molar-refractivity contribution in [3.8, 4) is 0 Å². The standard InChI is InChI=1S/C34H24ClNS/c1-21-7-5-10-25(17-21)36(26-11-6-8-22(2)18-26)31-20-30-28-16-14-24(35)19-32(28)37-34(30)33-27-12-4-3-9-23(27)13-15-29(31)33/h3-20H,1-2H3. The number of hydrogen-bond donors (Lipinski definition) is 0. The smallest absolute Gasteiger partial charge is 0.0547 e. The summed E-state index contributed by atoms with van der Waals surface area (Å²) in [6.07, 6.45) is 0. The minimum Gasteiger partial charge on any atom is -0.310 e. The number of anilines is 3. The van der Waals surface area contributed by atoms with E-state index in [1.165, 1.54) is 58.5 Å². The van der Waals surface area contributed by atoms with E-state index in [4.69, 9.17) is 11.6 Å². The lowest BCUT2D eigenvalue weighted by molar-refractivity contribution is 1.27. The van der Waals surface area contributed by atoms with E-state index in [1.54, 1.807) is 0 Å². The maximum Gasteiger partial charge on any atom is 0.0547 e. The van der Waals surface area contributed by atoms with Gasteiger partial charge in [0.1, 0.15) is 0 Å². The lowest BCUT2D eigenvalue weighted by atomic mass is 9.97. The number of benzene rings is 6. The number of nitrogens with zero attached hydrogens (tertiary/aromatic N) is 1. The van der Waals surface area contributed by atoms with Gasteiger partial charge in [0.05, 0.1) is 5.69 Å². The van der Waals surface area contributed by atoms with Gasteiger partial charge in [-0.2, -0.15) is 0 Å². The Hall–Kier alpha value is -3.85. The number of fused-ring (bicyclic) bond motifs is 7. The normalized spacial score (nSPS) is 11.6. The van der Waals surface area contributed by atoms with E-state index >= 15 is 0 Å². The summed E-state index contributed by atoms with van der Waals surface area (Å²) in [6.45, 7) is 4.31. The van der Waals surface area contributed by atoms with Crippen LogP contribution < -0.4 is 4.90 Å². The van der Waals surface area contributed by atoms with Crippen LogP contribution in [0.1, 0.15) is 11.1 Å². The fraction of sp³-hybridized carbons (Fsp3) is 0.0588. The van der Waals surface area contributed by atoms with Crippen LogP contribution >= 0.6 is 22.9 Å². The Morgan fingerprint density at radius 3 is 2.03 bits per heavy atom. The minimum absolute atomic E-state index is 0.773. The van der Waals surface area contributed by atoms with Crippen LogP contribution in [0.25, 0.3) is 41.7 Å². The second-order valence-corrected chi connectivity index (χ2v) is 11.2. The molecular weight excluding hydrogens is 490 g/mol. The predicted octanol–water partition coefficient (Wildman–Crippen LogP) is 11.1. The van der Waals surface area contributed by atoms with Gasteiger partial charge >= 0.3 is 0 Å². The molecule has 0 fully saturated rings. The molecule has 0 atom stereocenters. The van der Waals surface area contributed by atoms with Gasteiger partial charge in [0.15, 0.2) is 0 Å². The molecule has 0 amide bonds. The third-order valence-corrected chi connectivity index (χ3v) is 8.59. The zero-order valence-electron chi connectivity index (χ0n) is 20.6. The zero-order chi connectivity index (χ0) is 25.1. The van der Waals surface area contributed by atoms with Gasteiger partial charge in [0, 0.05) is 47.3 Å². The lowest BCUT2D eigenvalue weighted by Gasteiger charge is -2.28. The molecule has 178 valence electrons. The maximum atomic E-state index is 6.43. The molecule has 1 aromatic heterocycles. The Kier molecular flexibility index (Phi) is 5.21. The van der Waals surface area contributed by atoms with Gasteiger partial charge in [0.25, 0.3) is 0 Å². The van der Waals surface area contributed by atoms with E-state index in [2.05, 4.69) is 122 Å².